The summed E-state index contributed by atoms with van der Waals surface area (Å²) in [4.78, 5) is 15.3. The van der Waals surface area contributed by atoms with Crippen molar-refractivity contribution in [3.05, 3.63) is 73.0 Å². The molecule has 2 aliphatic rings. The Kier molecular flexibility index (Phi) is 10.2. The SMILES string of the molecule is C1COCCN1.C=C/C(=C\C=C\CN)c1ncnc2c1CCN2c1cccnc1.Cl. The van der Waals surface area contributed by atoms with Gasteiger partial charge in [-0.25, -0.2) is 9.97 Å². The summed E-state index contributed by atoms with van der Waals surface area (Å²) >= 11 is 0. The van der Waals surface area contributed by atoms with Crippen LogP contribution < -0.4 is 16.0 Å². The second kappa shape index (κ2) is 12.9. The van der Waals surface area contributed by atoms with Gasteiger partial charge in [-0.2, -0.15) is 0 Å². The van der Waals surface area contributed by atoms with Gasteiger partial charge >= 0.3 is 0 Å². The number of nitrogens with zero attached hydrogens (tertiary/aromatic N) is 4. The average molecular weight is 429 g/mol. The normalized spacial score (nSPS) is 15.8. The summed E-state index contributed by atoms with van der Waals surface area (Å²) in [7, 11) is 0. The number of allylic oxidation sites excluding steroid dienone is 4. The lowest BCUT2D eigenvalue weighted by molar-refractivity contribution is 0.109. The zero-order valence-electron chi connectivity index (χ0n) is 17.0. The number of pyridine rings is 1. The lowest BCUT2D eigenvalue weighted by Crippen LogP contribution is -2.30. The summed E-state index contributed by atoms with van der Waals surface area (Å²) in [5.41, 5.74) is 9.58. The Morgan fingerprint density at radius 3 is 2.73 bits per heavy atom. The van der Waals surface area contributed by atoms with Gasteiger partial charge in [0, 0.05) is 37.9 Å². The molecule has 0 bridgehead atoms. The van der Waals surface area contributed by atoms with Crippen LogP contribution >= 0.6 is 12.4 Å². The van der Waals surface area contributed by atoms with E-state index in [-0.39, 0.29) is 12.4 Å². The van der Waals surface area contributed by atoms with Crippen LogP contribution in [-0.4, -0.2) is 54.3 Å². The highest BCUT2D eigenvalue weighted by atomic mass is 35.5. The van der Waals surface area contributed by atoms with Crippen molar-refractivity contribution in [3.63, 3.8) is 0 Å². The Balaban J connectivity index is 0.000000395. The molecule has 0 saturated carbocycles. The predicted molar refractivity (Wildman–Crippen MR) is 124 cm³/mol. The molecule has 160 valence electrons. The highest BCUT2D eigenvalue weighted by Gasteiger charge is 2.25. The Bertz CT molecular complexity index is 840. The number of ether oxygens (including phenoxy) is 1. The number of nitrogens with one attached hydrogen (secondary N) is 1. The number of anilines is 2. The molecule has 4 heterocycles. The number of morpholine rings is 1. The first-order valence-corrected chi connectivity index (χ1v) is 9.84. The molecule has 0 aromatic carbocycles. The van der Waals surface area contributed by atoms with Crippen molar-refractivity contribution in [1.82, 2.24) is 20.3 Å². The minimum Gasteiger partial charge on any atom is -0.379 e. The van der Waals surface area contributed by atoms with Crippen LogP contribution in [0.2, 0.25) is 0 Å². The van der Waals surface area contributed by atoms with E-state index >= 15 is 0 Å². The number of hydrogen-bond acceptors (Lipinski definition) is 7. The van der Waals surface area contributed by atoms with Gasteiger partial charge in [0.15, 0.2) is 0 Å². The van der Waals surface area contributed by atoms with Crippen LogP contribution in [0, 0.1) is 0 Å². The summed E-state index contributed by atoms with van der Waals surface area (Å²) in [6, 6.07) is 3.97. The lowest BCUT2D eigenvalue weighted by atomic mass is 10.1. The summed E-state index contributed by atoms with van der Waals surface area (Å²) in [5, 5.41) is 3.16. The molecule has 8 heteroatoms. The van der Waals surface area contributed by atoms with Crippen LogP contribution in [0.15, 0.2) is 61.7 Å². The molecule has 0 spiro atoms. The average Bonchev–Trinajstić information content (AvgIpc) is 3.24. The van der Waals surface area contributed by atoms with E-state index in [0.29, 0.717) is 6.54 Å². The van der Waals surface area contributed by atoms with Crippen molar-refractivity contribution >= 4 is 29.5 Å². The largest absolute Gasteiger partial charge is 0.379 e. The Morgan fingerprint density at radius 2 is 2.13 bits per heavy atom. The number of rotatable bonds is 5. The van der Waals surface area contributed by atoms with Crippen molar-refractivity contribution in [2.45, 2.75) is 6.42 Å². The van der Waals surface area contributed by atoms with Crippen LogP contribution in [0.4, 0.5) is 11.5 Å². The molecule has 2 aromatic rings. The molecule has 1 saturated heterocycles. The van der Waals surface area contributed by atoms with Gasteiger partial charge < -0.3 is 20.7 Å². The van der Waals surface area contributed by atoms with Crippen LogP contribution in [0.25, 0.3) is 5.57 Å². The molecular weight excluding hydrogens is 400 g/mol. The van der Waals surface area contributed by atoms with E-state index in [1.807, 2.05) is 42.6 Å². The first kappa shape index (κ1) is 23.7. The van der Waals surface area contributed by atoms with E-state index in [1.165, 1.54) is 0 Å². The molecule has 2 aliphatic heterocycles. The van der Waals surface area contributed by atoms with Gasteiger partial charge in [0.1, 0.15) is 12.1 Å². The number of aromatic nitrogens is 3. The van der Waals surface area contributed by atoms with Gasteiger partial charge in [0.05, 0.1) is 30.8 Å². The molecule has 1 fully saturated rings. The first-order valence-electron chi connectivity index (χ1n) is 9.84. The summed E-state index contributed by atoms with van der Waals surface area (Å²) in [6.07, 6.45) is 13.7. The quantitative estimate of drug-likeness (QED) is 0.707. The predicted octanol–water partition coefficient (Wildman–Crippen LogP) is 2.68. The van der Waals surface area contributed by atoms with E-state index in [9.17, 15) is 0 Å². The van der Waals surface area contributed by atoms with Crippen molar-refractivity contribution in [2.75, 3.05) is 44.3 Å². The van der Waals surface area contributed by atoms with Crippen molar-refractivity contribution in [2.24, 2.45) is 5.73 Å². The van der Waals surface area contributed by atoms with Crippen molar-refractivity contribution in [1.29, 1.82) is 0 Å². The molecule has 0 radical (unpaired) electrons. The third kappa shape index (κ3) is 6.21. The van der Waals surface area contributed by atoms with Crippen LogP contribution in [0.5, 0.6) is 0 Å². The summed E-state index contributed by atoms with van der Waals surface area (Å²) in [6.45, 7) is 9.12. The van der Waals surface area contributed by atoms with Crippen LogP contribution in [-0.2, 0) is 11.2 Å². The zero-order valence-corrected chi connectivity index (χ0v) is 17.9. The fourth-order valence-electron chi connectivity index (χ4n) is 3.22. The van der Waals surface area contributed by atoms with Crippen LogP contribution in [0.1, 0.15) is 11.3 Å². The fourth-order valence-corrected chi connectivity index (χ4v) is 3.22. The van der Waals surface area contributed by atoms with E-state index in [4.69, 9.17) is 10.5 Å². The first-order chi connectivity index (χ1) is 14.3. The summed E-state index contributed by atoms with van der Waals surface area (Å²) < 4.78 is 5.01. The second-order valence-corrected chi connectivity index (χ2v) is 6.49. The van der Waals surface area contributed by atoms with E-state index in [1.54, 1.807) is 12.5 Å². The molecule has 4 rings (SSSR count). The van der Waals surface area contributed by atoms with E-state index in [0.717, 1.165) is 67.6 Å². The lowest BCUT2D eigenvalue weighted by Gasteiger charge is -2.17. The van der Waals surface area contributed by atoms with Gasteiger partial charge in [-0.1, -0.05) is 30.9 Å². The van der Waals surface area contributed by atoms with Crippen molar-refractivity contribution < 1.29 is 4.74 Å². The van der Waals surface area contributed by atoms with Gasteiger partial charge in [0.2, 0.25) is 0 Å². The molecule has 0 unspecified atom stereocenters. The number of hydrogen-bond donors (Lipinski definition) is 2. The third-order valence-electron chi connectivity index (χ3n) is 4.61. The fraction of sp³-hybridized carbons (Fsp3) is 0.318. The highest BCUT2D eigenvalue weighted by Crippen LogP contribution is 2.35. The number of halogens is 1. The molecule has 2 aromatic heterocycles. The minimum atomic E-state index is 0. The standard InChI is InChI=1S/C18H19N5.C4H9NO.ClH/c1-2-14(6-3-4-9-19)17-16-8-11-23(18(16)22-13-21-17)15-7-5-10-20-12-15;1-3-6-4-2-5-1;/h2-7,10,12-13H,1,8-9,11,19H2;5H,1-4H2;1H/b4-3+,14-6+;;. The minimum absolute atomic E-state index is 0. The van der Waals surface area contributed by atoms with Gasteiger partial charge in [-0.05, 0) is 24.1 Å². The van der Waals surface area contributed by atoms with Gasteiger partial charge in [0.25, 0.3) is 0 Å². The Morgan fingerprint density at radius 1 is 1.30 bits per heavy atom. The number of nitrogens with two attached hydrogens (primary N) is 1. The Labute approximate surface area is 184 Å². The molecule has 30 heavy (non-hydrogen) atoms. The monoisotopic (exact) mass is 428 g/mol. The maximum absolute atomic E-state index is 5.49. The van der Waals surface area contributed by atoms with Crippen molar-refractivity contribution in [3.8, 4) is 0 Å². The molecule has 3 N–H and O–H groups in total. The molecular formula is C22H29ClN6O. The third-order valence-corrected chi connectivity index (χ3v) is 4.61. The topological polar surface area (TPSA) is 89.2 Å². The molecule has 7 nitrogen and oxygen atoms in total. The van der Waals surface area contributed by atoms with Gasteiger partial charge in [-0.15, -0.1) is 12.4 Å². The summed E-state index contributed by atoms with van der Waals surface area (Å²) in [5.74, 6) is 0.943. The van der Waals surface area contributed by atoms with Crippen LogP contribution in [0.3, 0.4) is 0 Å². The maximum atomic E-state index is 5.49. The smallest absolute Gasteiger partial charge is 0.140 e. The number of fused-ring (bicyclic) bond motifs is 1. The highest BCUT2D eigenvalue weighted by molar-refractivity contribution is 5.85. The van der Waals surface area contributed by atoms with E-state index in [2.05, 4.69) is 31.7 Å². The molecule has 0 amide bonds. The molecule has 0 aliphatic carbocycles. The van der Waals surface area contributed by atoms with E-state index < -0.39 is 0 Å². The van der Waals surface area contributed by atoms with Gasteiger partial charge in [-0.3, -0.25) is 4.98 Å². The Hall–Kier alpha value is -2.58. The molecule has 0 atom stereocenters. The second-order valence-electron chi connectivity index (χ2n) is 6.49. The maximum Gasteiger partial charge on any atom is 0.140 e. The zero-order chi connectivity index (χ0) is 20.3.